The Balaban J connectivity index is 1.86. The van der Waals surface area contributed by atoms with Crippen LogP contribution in [0.3, 0.4) is 0 Å². The lowest BCUT2D eigenvalue weighted by atomic mass is 9.38. The summed E-state index contributed by atoms with van der Waals surface area (Å²) in [7, 11) is -0.533. The average Bonchev–Trinajstić information content (AvgIpc) is 2.81. The average molecular weight is 476 g/mol. The number of aryl methyl sites for hydroxylation is 6. The maximum Gasteiger partial charge on any atom is 0.209 e. The van der Waals surface area contributed by atoms with Crippen LogP contribution in [0.1, 0.15) is 40.3 Å². The van der Waals surface area contributed by atoms with Gasteiger partial charge < -0.3 is 0 Å². The fourth-order valence-corrected chi connectivity index (χ4v) is 9.24. The van der Waals surface area contributed by atoms with Gasteiger partial charge in [0, 0.05) is 0 Å². The van der Waals surface area contributed by atoms with Crippen LogP contribution in [0.15, 0.2) is 84.9 Å². The molecule has 0 N–H and O–H groups in total. The highest BCUT2D eigenvalue weighted by atomic mass is 31.1. The van der Waals surface area contributed by atoms with Gasteiger partial charge in [-0.25, -0.2) is 0 Å². The van der Waals surface area contributed by atoms with Crippen molar-refractivity contribution in [2.75, 3.05) is 0 Å². The van der Waals surface area contributed by atoms with E-state index < -0.39 is 7.92 Å². The van der Waals surface area contributed by atoms with Crippen molar-refractivity contribution in [3.05, 3.63) is 118 Å². The van der Waals surface area contributed by atoms with Gasteiger partial charge in [-0.15, -0.1) is 0 Å². The molecule has 0 aliphatic heterocycles. The van der Waals surface area contributed by atoms with Crippen molar-refractivity contribution < 1.29 is 0 Å². The number of hydrogen-bond acceptors (Lipinski definition) is 0. The molecule has 0 heterocycles. The third kappa shape index (κ3) is 5.63. The summed E-state index contributed by atoms with van der Waals surface area (Å²) in [5, 5.41) is 3.15. The second-order valence-electron chi connectivity index (χ2n) is 10.3. The van der Waals surface area contributed by atoms with Crippen molar-refractivity contribution in [1.29, 1.82) is 0 Å². The van der Waals surface area contributed by atoms with E-state index in [1.54, 1.807) is 10.6 Å². The molecule has 0 spiro atoms. The fourth-order valence-electron chi connectivity index (χ4n) is 5.94. The zero-order chi connectivity index (χ0) is 25.1. The van der Waals surface area contributed by atoms with Crippen molar-refractivity contribution in [3.8, 4) is 0 Å². The van der Waals surface area contributed by atoms with Crippen LogP contribution in [0.5, 0.6) is 0 Å². The van der Waals surface area contributed by atoms with E-state index in [4.69, 9.17) is 0 Å². The molecule has 0 aliphatic carbocycles. The highest BCUT2D eigenvalue weighted by Crippen LogP contribution is 2.45. The van der Waals surface area contributed by atoms with Gasteiger partial charge in [0.2, 0.25) is 6.71 Å². The highest BCUT2D eigenvalue weighted by Gasteiger charge is 2.31. The smallest absolute Gasteiger partial charge is 0.0742 e. The molecule has 1 unspecified atom stereocenters. The standard InChI is InChI=1S/C33H38BP/c1-23-18-25(3)32(26(4)19-23)35(33-27(5)20-24(2)21-28(33)6)29(7)22-34(30-14-10-8-11-15-30)31-16-12-9-13-17-31/h8-21,29H,22H2,1-7H3. The van der Waals surface area contributed by atoms with Crippen molar-refractivity contribution in [2.45, 2.75) is 60.4 Å². The molecule has 0 bridgehead atoms. The van der Waals surface area contributed by atoms with Gasteiger partial charge in [0.15, 0.2) is 0 Å². The lowest BCUT2D eigenvalue weighted by molar-refractivity contribution is 1.08. The molecule has 2 heteroatoms. The van der Waals surface area contributed by atoms with Crippen LogP contribution >= 0.6 is 7.92 Å². The number of hydrogen-bond donors (Lipinski definition) is 0. The first kappa shape index (κ1) is 25.5. The van der Waals surface area contributed by atoms with E-state index in [1.807, 2.05) is 0 Å². The molecule has 178 valence electrons. The van der Waals surface area contributed by atoms with Crippen LogP contribution in [-0.2, 0) is 0 Å². The van der Waals surface area contributed by atoms with Gasteiger partial charge in [-0.1, -0.05) is 120 Å². The summed E-state index contributed by atoms with van der Waals surface area (Å²) >= 11 is 0. The van der Waals surface area contributed by atoms with E-state index >= 15 is 0 Å². The molecule has 4 rings (SSSR count). The van der Waals surface area contributed by atoms with Crippen LogP contribution in [0.25, 0.3) is 0 Å². The first-order valence-corrected chi connectivity index (χ1v) is 14.2. The van der Waals surface area contributed by atoms with Crippen molar-refractivity contribution >= 4 is 36.2 Å². The molecular formula is C33H38BP. The SMILES string of the molecule is Cc1cc(C)c(P(c2c(C)cc(C)cc2C)C(C)CB(c2ccccc2)c2ccccc2)c(C)c1. The number of rotatable bonds is 7. The molecule has 0 radical (unpaired) electrons. The molecule has 0 fully saturated rings. The van der Waals surface area contributed by atoms with Gasteiger partial charge in [0.25, 0.3) is 0 Å². The molecule has 0 aliphatic rings. The Labute approximate surface area is 214 Å². The lowest BCUT2D eigenvalue weighted by Gasteiger charge is -2.33. The summed E-state index contributed by atoms with van der Waals surface area (Å²) < 4.78 is 0. The zero-order valence-electron chi connectivity index (χ0n) is 22.4. The molecular weight excluding hydrogens is 438 g/mol. The molecule has 0 aromatic heterocycles. The van der Waals surface area contributed by atoms with E-state index in [-0.39, 0.29) is 0 Å². The Morgan fingerprint density at radius 1 is 0.571 bits per heavy atom. The van der Waals surface area contributed by atoms with E-state index in [2.05, 4.69) is 133 Å². The zero-order valence-corrected chi connectivity index (χ0v) is 23.3. The molecule has 0 saturated carbocycles. The molecule has 4 aromatic carbocycles. The van der Waals surface area contributed by atoms with Crippen molar-refractivity contribution in [1.82, 2.24) is 0 Å². The predicted molar refractivity (Wildman–Crippen MR) is 160 cm³/mol. The minimum absolute atomic E-state index is 0.384. The monoisotopic (exact) mass is 476 g/mol. The summed E-state index contributed by atoms with van der Waals surface area (Å²) in [5.74, 6) is 0. The Morgan fingerprint density at radius 3 is 1.26 bits per heavy atom. The maximum atomic E-state index is 2.50. The van der Waals surface area contributed by atoms with Crippen LogP contribution in [0.4, 0.5) is 0 Å². The van der Waals surface area contributed by atoms with Gasteiger partial charge in [-0.2, -0.15) is 0 Å². The van der Waals surface area contributed by atoms with Crippen molar-refractivity contribution in [3.63, 3.8) is 0 Å². The van der Waals surface area contributed by atoms with Crippen LogP contribution in [0.2, 0.25) is 6.32 Å². The minimum atomic E-state index is -0.533. The molecule has 1 atom stereocenters. The van der Waals surface area contributed by atoms with Gasteiger partial charge >= 0.3 is 0 Å². The predicted octanol–water partition coefficient (Wildman–Crippen LogP) is 6.67. The van der Waals surface area contributed by atoms with Gasteiger partial charge in [0.1, 0.15) is 0 Å². The minimum Gasteiger partial charge on any atom is -0.0742 e. The summed E-state index contributed by atoms with van der Waals surface area (Å²) in [6, 6.07) is 31.7. The Bertz CT molecular complexity index is 1150. The second-order valence-corrected chi connectivity index (χ2v) is 12.8. The normalized spacial score (nSPS) is 12.1. The van der Waals surface area contributed by atoms with E-state index in [9.17, 15) is 0 Å². The van der Waals surface area contributed by atoms with E-state index in [1.165, 1.54) is 44.3 Å². The highest BCUT2D eigenvalue weighted by molar-refractivity contribution is 7.74. The van der Waals surface area contributed by atoms with Gasteiger partial charge in [-0.3, -0.25) is 0 Å². The van der Waals surface area contributed by atoms with Crippen LogP contribution in [0, 0.1) is 41.5 Å². The van der Waals surface area contributed by atoms with E-state index in [0.29, 0.717) is 12.4 Å². The van der Waals surface area contributed by atoms with Crippen LogP contribution < -0.4 is 21.5 Å². The summed E-state index contributed by atoms with van der Waals surface area (Å²) in [6.07, 6.45) is 1.12. The maximum absolute atomic E-state index is 2.50. The topological polar surface area (TPSA) is 0 Å². The first-order valence-electron chi connectivity index (χ1n) is 12.8. The van der Waals surface area contributed by atoms with Gasteiger partial charge in [-0.05, 0) is 88.0 Å². The lowest BCUT2D eigenvalue weighted by Crippen LogP contribution is -2.44. The Kier molecular flexibility index (Phi) is 7.98. The quantitative estimate of drug-likeness (QED) is 0.207. The molecule has 0 amide bonds. The number of benzene rings is 4. The Hall–Kier alpha value is -2.63. The summed E-state index contributed by atoms with van der Waals surface area (Å²) in [4.78, 5) is 0. The second kappa shape index (κ2) is 11.0. The molecule has 0 saturated heterocycles. The largest absolute Gasteiger partial charge is 0.209 e. The summed E-state index contributed by atoms with van der Waals surface area (Å²) in [6.45, 7) is 16.6. The fraction of sp³-hybridized carbons (Fsp3) is 0.273. The first-order chi connectivity index (χ1) is 16.8. The Morgan fingerprint density at radius 2 is 0.914 bits per heavy atom. The third-order valence-electron chi connectivity index (χ3n) is 7.17. The van der Waals surface area contributed by atoms with E-state index in [0.717, 1.165) is 6.32 Å². The molecule has 35 heavy (non-hydrogen) atoms. The van der Waals surface area contributed by atoms with Crippen molar-refractivity contribution in [2.24, 2.45) is 0 Å². The third-order valence-corrected chi connectivity index (χ3v) is 10.6. The molecule has 4 aromatic rings. The van der Waals surface area contributed by atoms with Gasteiger partial charge in [0.05, 0.1) is 0 Å². The van der Waals surface area contributed by atoms with Crippen LogP contribution in [-0.4, -0.2) is 12.4 Å². The molecule has 0 nitrogen and oxygen atoms in total. The summed E-state index contributed by atoms with van der Waals surface area (Å²) in [5.41, 5.74) is 11.8.